The second-order valence-electron chi connectivity index (χ2n) is 0.852. The molecule has 0 aromatic carbocycles. The van der Waals surface area contributed by atoms with Gasteiger partial charge in [-0.2, -0.15) is 3.71 Å². The Morgan fingerprint density at radius 3 is 2.57 bits per heavy atom. The van der Waals surface area contributed by atoms with Gasteiger partial charge in [0.05, 0.1) is 16.1 Å². The van der Waals surface area contributed by atoms with Gasteiger partial charge in [-0.05, 0) is 15.9 Å². The van der Waals surface area contributed by atoms with Crippen LogP contribution in [0.3, 0.4) is 0 Å². The van der Waals surface area contributed by atoms with Crippen molar-refractivity contribution in [2.45, 2.75) is 0 Å². The monoisotopic (exact) mass is 224 g/mol. The number of aromatic nitrogens is 3. The Kier molecular flexibility index (Phi) is 1.43. The van der Waals surface area contributed by atoms with E-state index in [2.05, 4.69) is 48.6 Å². The minimum atomic E-state index is 0.601. The van der Waals surface area contributed by atoms with Crippen molar-refractivity contribution in [1.29, 1.82) is 0 Å². The van der Waals surface area contributed by atoms with Gasteiger partial charge >= 0.3 is 0 Å². The molecule has 0 saturated carbocycles. The fourth-order valence-electron chi connectivity index (χ4n) is 0.199. The van der Waals surface area contributed by atoms with Crippen LogP contribution in [-0.4, -0.2) is 14.0 Å². The van der Waals surface area contributed by atoms with Gasteiger partial charge in [-0.3, -0.25) is 0 Å². The van der Waals surface area contributed by atoms with E-state index in [1.54, 1.807) is 0 Å². The van der Waals surface area contributed by atoms with Crippen molar-refractivity contribution in [3.8, 4) is 0 Å². The van der Waals surface area contributed by atoms with Gasteiger partial charge in [-0.15, -0.1) is 5.10 Å². The van der Waals surface area contributed by atoms with Gasteiger partial charge in [0.1, 0.15) is 6.20 Å². The van der Waals surface area contributed by atoms with E-state index in [0.717, 1.165) is 0 Å². The van der Waals surface area contributed by atoms with E-state index in [4.69, 9.17) is 0 Å². The summed E-state index contributed by atoms with van der Waals surface area (Å²) in [6.07, 6.45) is 2.67. The number of rotatable bonds is 0. The van der Waals surface area contributed by atoms with E-state index in [1.165, 1.54) is 3.71 Å². The summed E-state index contributed by atoms with van der Waals surface area (Å²) in [5, 5.41) is 7.04. The van der Waals surface area contributed by atoms with E-state index in [9.17, 15) is 0 Å². The summed E-state index contributed by atoms with van der Waals surface area (Å²) in [4.78, 5) is 0. The summed E-state index contributed by atoms with van der Waals surface area (Å²) in [5.74, 6) is 0. The first-order valence-corrected chi connectivity index (χ1v) is 2.96. The quantitative estimate of drug-likeness (QED) is 0.660. The second-order valence-corrected chi connectivity index (χ2v) is 2.28. The van der Waals surface area contributed by atoms with Crippen molar-refractivity contribution in [3.05, 3.63) is 10.8 Å². The molecule has 0 spiro atoms. The molecule has 0 unspecified atom stereocenters. The molecule has 5 heteroatoms. The Labute approximate surface area is 57.2 Å². The van der Waals surface area contributed by atoms with E-state index < -0.39 is 0 Å². The number of nitrogens with zero attached hydrogens (tertiary/aromatic N) is 3. The van der Waals surface area contributed by atoms with Gasteiger partial charge in [0.2, 0.25) is 0 Å². The van der Waals surface area contributed by atoms with Crippen LogP contribution in [0.15, 0.2) is 4.60 Å². The van der Waals surface area contributed by atoms with Crippen LogP contribution in [-0.2, 0) is 0 Å². The highest BCUT2D eigenvalue weighted by Crippen LogP contribution is 2.01. The van der Waals surface area contributed by atoms with Crippen LogP contribution in [0.2, 0.25) is 0 Å². The molecular weight excluding hydrogens is 226 g/mol. The molecule has 0 aliphatic heterocycles. The minimum Gasteiger partial charge on any atom is -0.174 e. The molecule has 0 bridgehead atoms. The fraction of sp³-hybridized carbons (Fsp3) is 0. The predicted octanol–water partition coefficient (Wildman–Crippen LogP) is 0.999. The smallest absolute Gasteiger partial charge is 0.159 e. The molecule has 0 N–H and O–H groups in total. The highest BCUT2D eigenvalue weighted by Gasteiger charge is 1.89. The van der Waals surface area contributed by atoms with Crippen LogP contribution in [0, 0.1) is 6.20 Å². The second kappa shape index (κ2) is 1.92. The third-order valence-corrected chi connectivity index (χ3v) is 1.05. The van der Waals surface area contributed by atoms with Gasteiger partial charge in [-0.1, -0.05) is 5.21 Å². The third-order valence-electron chi connectivity index (χ3n) is 0.396. The van der Waals surface area contributed by atoms with Crippen molar-refractivity contribution in [2.75, 3.05) is 0 Å². The van der Waals surface area contributed by atoms with Gasteiger partial charge in [0, 0.05) is 0 Å². The first-order valence-electron chi connectivity index (χ1n) is 1.46. The lowest BCUT2D eigenvalue weighted by molar-refractivity contribution is 0.898. The normalized spacial score (nSPS) is 9.43. The molecule has 37 valence electrons. The number of hydrogen-bond donors (Lipinski definition) is 0. The van der Waals surface area contributed by atoms with Crippen LogP contribution in [0.5, 0.6) is 0 Å². The first kappa shape index (κ1) is 5.24. The van der Waals surface area contributed by atoms with Crippen LogP contribution >= 0.6 is 32.1 Å². The maximum absolute atomic E-state index is 3.54. The van der Waals surface area contributed by atoms with Crippen molar-refractivity contribution in [2.24, 2.45) is 0 Å². The SMILES string of the molecule is Brc1[c]n(Br)nn1. The molecule has 0 atom stereocenters. The molecule has 3 nitrogen and oxygen atoms in total. The average molecular weight is 226 g/mol. The lowest BCUT2D eigenvalue weighted by Gasteiger charge is -1.68. The first-order chi connectivity index (χ1) is 3.29. The highest BCUT2D eigenvalue weighted by atomic mass is 79.9. The Balaban J connectivity index is 3.04. The molecule has 0 aliphatic rings. The summed E-state index contributed by atoms with van der Waals surface area (Å²) < 4.78 is 1.92. The summed E-state index contributed by atoms with van der Waals surface area (Å²) in [7, 11) is 0. The Morgan fingerprint density at radius 2 is 2.43 bits per heavy atom. The van der Waals surface area contributed by atoms with Crippen LogP contribution < -0.4 is 0 Å². The predicted molar refractivity (Wildman–Crippen MR) is 30.9 cm³/mol. The van der Waals surface area contributed by atoms with E-state index in [-0.39, 0.29) is 0 Å². The summed E-state index contributed by atoms with van der Waals surface area (Å²) in [6.45, 7) is 0. The van der Waals surface area contributed by atoms with Crippen LogP contribution in [0.1, 0.15) is 0 Å². The highest BCUT2D eigenvalue weighted by molar-refractivity contribution is 9.10. The minimum absolute atomic E-state index is 0.601. The zero-order chi connectivity index (χ0) is 5.28. The zero-order valence-corrected chi connectivity index (χ0v) is 6.27. The average Bonchev–Trinajstić information content (AvgIpc) is 1.87. The molecule has 1 heterocycles. The molecule has 1 rings (SSSR count). The molecule has 0 aliphatic carbocycles. The fourth-order valence-corrected chi connectivity index (χ4v) is 0.915. The molecule has 1 aromatic rings. The zero-order valence-electron chi connectivity index (χ0n) is 3.10. The van der Waals surface area contributed by atoms with E-state index >= 15 is 0 Å². The lowest BCUT2D eigenvalue weighted by atomic mass is 11.0. The maximum Gasteiger partial charge on any atom is 0.159 e. The van der Waals surface area contributed by atoms with Crippen molar-refractivity contribution >= 4 is 32.1 Å². The molecule has 0 amide bonds. The van der Waals surface area contributed by atoms with Crippen LogP contribution in [0.25, 0.3) is 0 Å². The Hall–Kier alpha value is 0.1000. The molecule has 1 radical (unpaired) electrons. The Bertz CT molecular complexity index is 143. The van der Waals surface area contributed by atoms with Gasteiger partial charge < -0.3 is 0 Å². The molecule has 7 heavy (non-hydrogen) atoms. The molecular formula is C2Br2N3. The summed E-state index contributed by atoms with van der Waals surface area (Å²) in [5.41, 5.74) is 0. The molecule has 1 aromatic heterocycles. The number of hydrogen-bond acceptors (Lipinski definition) is 2. The number of halogens is 2. The Morgan fingerprint density at radius 1 is 1.71 bits per heavy atom. The van der Waals surface area contributed by atoms with Crippen molar-refractivity contribution in [1.82, 2.24) is 14.0 Å². The third kappa shape index (κ3) is 1.24. The van der Waals surface area contributed by atoms with E-state index in [0.29, 0.717) is 4.60 Å². The lowest BCUT2D eigenvalue weighted by Crippen LogP contribution is -1.76. The topological polar surface area (TPSA) is 30.7 Å². The van der Waals surface area contributed by atoms with Crippen LogP contribution in [0.4, 0.5) is 0 Å². The molecule has 0 saturated heterocycles. The summed E-state index contributed by atoms with van der Waals surface area (Å²) >= 11 is 6.04. The van der Waals surface area contributed by atoms with Crippen molar-refractivity contribution in [3.63, 3.8) is 0 Å². The molecule has 0 fully saturated rings. The summed E-state index contributed by atoms with van der Waals surface area (Å²) in [6, 6.07) is 0. The van der Waals surface area contributed by atoms with E-state index in [1.807, 2.05) is 0 Å². The van der Waals surface area contributed by atoms with Crippen molar-refractivity contribution < 1.29 is 0 Å². The largest absolute Gasteiger partial charge is 0.174 e. The van der Waals surface area contributed by atoms with Gasteiger partial charge in [0.25, 0.3) is 0 Å². The van der Waals surface area contributed by atoms with Gasteiger partial charge in [-0.25, -0.2) is 0 Å². The standard InChI is InChI=1S/C2Br2N3/c3-2-1-7(4)6-5-2. The maximum atomic E-state index is 3.54. The van der Waals surface area contributed by atoms with Gasteiger partial charge in [0.15, 0.2) is 4.60 Å².